The van der Waals surface area contributed by atoms with Gasteiger partial charge in [-0.1, -0.05) is 36.4 Å². The zero-order valence-corrected chi connectivity index (χ0v) is 15.3. The van der Waals surface area contributed by atoms with E-state index in [1.165, 1.54) is 5.56 Å². The summed E-state index contributed by atoms with van der Waals surface area (Å²) in [5.74, 6) is 0. The van der Waals surface area contributed by atoms with Crippen LogP contribution in [0.25, 0.3) is 0 Å². The lowest BCUT2D eigenvalue weighted by Gasteiger charge is -2.51. The Hall–Kier alpha value is -2.44. The van der Waals surface area contributed by atoms with Crippen LogP contribution in [0.4, 0.5) is 4.79 Å². The standard InChI is InChI=1S/C21H24N4O2/c26-20-25-11-10-23(12-17-6-2-1-3-7-17)14-19(25)21(27-20)15-24(16-21)13-18-8-4-5-9-22-18/h1-9,19H,10-16H2. The fourth-order valence-corrected chi connectivity index (χ4v) is 4.61. The summed E-state index contributed by atoms with van der Waals surface area (Å²) < 4.78 is 5.90. The normalized spacial score (nSPS) is 24.5. The maximum atomic E-state index is 12.4. The highest BCUT2D eigenvalue weighted by molar-refractivity contribution is 5.72. The number of ether oxygens (including phenoxy) is 1. The lowest BCUT2D eigenvalue weighted by molar-refractivity contribution is -0.107. The van der Waals surface area contributed by atoms with E-state index in [1.54, 1.807) is 0 Å². The molecule has 0 bridgehead atoms. The van der Waals surface area contributed by atoms with Gasteiger partial charge < -0.3 is 4.74 Å². The van der Waals surface area contributed by atoms with Crippen LogP contribution < -0.4 is 0 Å². The first-order chi connectivity index (χ1) is 13.2. The second kappa shape index (κ2) is 6.62. The smallest absolute Gasteiger partial charge is 0.410 e. The Labute approximate surface area is 159 Å². The molecule has 1 atom stereocenters. The van der Waals surface area contributed by atoms with E-state index in [0.29, 0.717) is 0 Å². The van der Waals surface area contributed by atoms with Crippen molar-refractivity contribution in [1.29, 1.82) is 0 Å². The van der Waals surface area contributed by atoms with Crippen LogP contribution in [0.1, 0.15) is 11.3 Å². The Morgan fingerprint density at radius 3 is 2.59 bits per heavy atom. The van der Waals surface area contributed by atoms with Gasteiger partial charge in [0.25, 0.3) is 0 Å². The van der Waals surface area contributed by atoms with Crippen LogP contribution in [0.5, 0.6) is 0 Å². The van der Waals surface area contributed by atoms with Crippen LogP contribution in [-0.4, -0.2) is 70.1 Å². The minimum atomic E-state index is -0.360. The van der Waals surface area contributed by atoms with Gasteiger partial charge in [0.05, 0.1) is 11.7 Å². The van der Waals surface area contributed by atoms with Crippen LogP contribution in [-0.2, 0) is 17.8 Å². The van der Waals surface area contributed by atoms with Gasteiger partial charge in [-0.15, -0.1) is 0 Å². The van der Waals surface area contributed by atoms with Crippen LogP contribution in [0.15, 0.2) is 54.7 Å². The fourth-order valence-electron chi connectivity index (χ4n) is 4.61. The van der Waals surface area contributed by atoms with E-state index in [9.17, 15) is 4.79 Å². The number of carbonyl (C=O) groups is 1. The van der Waals surface area contributed by atoms with Gasteiger partial charge in [-0.05, 0) is 17.7 Å². The minimum absolute atomic E-state index is 0.141. The van der Waals surface area contributed by atoms with E-state index in [4.69, 9.17) is 4.74 Å². The molecule has 1 aromatic heterocycles. The second-order valence-electron chi connectivity index (χ2n) is 7.83. The molecule has 1 amide bonds. The average Bonchev–Trinajstić information content (AvgIpc) is 2.96. The van der Waals surface area contributed by atoms with Gasteiger partial charge in [-0.3, -0.25) is 19.7 Å². The number of hydrogen-bond acceptors (Lipinski definition) is 5. The summed E-state index contributed by atoms with van der Waals surface area (Å²) in [6.07, 6.45) is 1.68. The third-order valence-corrected chi connectivity index (χ3v) is 5.94. The van der Waals surface area contributed by atoms with Crippen molar-refractivity contribution in [2.24, 2.45) is 0 Å². The first-order valence-electron chi connectivity index (χ1n) is 9.60. The molecule has 3 aliphatic heterocycles. The number of rotatable bonds is 4. The molecule has 1 aromatic carbocycles. The molecule has 140 valence electrons. The van der Waals surface area contributed by atoms with Gasteiger partial charge in [-0.2, -0.15) is 0 Å². The molecule has 1 unspecified atom stereocenters. The molecule has 3 saturated heterocycles. The maximum absolute atomic E-state index is 12.4. The number of fused-ring (bicyclic) bond motifs is 2. The molecule has 5 rings (SSSR count). The molecule has 0 aliphatic carbocycles. The molecule has 0 radical (unpaired) electrons. The fraction of sp³-hybridized carbons (Fsp3) is 0.429. The van der Waals surface area contributed by atoms with Crippen molar-refractivity contribution in [2.75, 3.05) is 32.7 Å². The van der Waals surface area contributed by atoms with Crippen molar-refractivity contribution in [1.82, 2.24) is 19.7 Å². The van der Waals surface area contributed by atoms with Crippen LogP contribution in [0, 0.1) is 0 Å². The average molecular weight is 364 g/mol. The van der Waals surface area contributed by atoms with E-state index < -0.39 is 0 Å². The van der Waals surface area contributed by atoms with Gasteiger partial charge in [0.2, 0.25) is 0 Å². The lowest BCUT2D eigenvalue weighted by atomic mass is 9.84. The SMILES string of the molecule is O=C1OC2(CN(Cc3ccccn3)C2)C2CN(Cc3ccccc3)CCN12. The van der Waals surface area contributed by atoms with Gasteiger partial charge in [0, 0.05) is 52.0 Å². The lowest BCUT2D eigenvalue weighted by Crippen LogP contribution is -2.70. The molecular formula is C21H24N4O2. The number of aromatic nitrogens is 1. The molecule has 2 aromatic rings. The summed E-state index contributed by atoms with van der Waals surface area (Å²) in [5, 5.41) is 0. The molecular weight excluding hydrogens is 340 g/mol. The van der Waals surface area contributed by atoms with Crippen LogP contribution >= 0.6 is 0 Å². The van der Waals surface area contributed by atoms with E-state index in [-0.39, 0.29) is 17.7 Å². The van der Waals surface area contributed by atoms with E-state index in [2.05, 4.69) is 39.0 Å². The predicted octanol–water partition coefficient (Wildman–Crippen LogP) is 1.97. The number of pyridine rings is 1. The summed E-state index contributed by atoms with van der Waals surface area (Å²) in [4.78, 5) is 23.5. The molecule has 6 heteroatoms. The van der Waals surface area contributed by atoms with Gasteiger partial charge in [0.1, 0.15) is 0 Å². The summed E-state index contributed by atoms with van der Waals surface area (Å²) in [6.45, 7) is 5.82. The van der Waals surface area contributed by atoms with Crippen LogP contribution in [0.2, 0.25) is 0 Å². The Kier molecular flexibility index (Phi) is 4.10. The number of benzene rings is 1. The van der Waals surface area contributed by atoms with Crippen LogP contribution in [0.3, 0.4) is 0 Å². The number of piperazine rings is 1. The highest BCUT2D eigenvalue weighted by Crippen LogP contribution is 2.40. The summed E-state index contributed by atoms with van der Waals surface area (Å²) in [6, 6.07) is 16.7. The molecule has 0 saturated carbocycles. The highest BCUT2D eigenvalue weighted by Gasteiger charge is 2.61. The summed E-state index contributed by atoms with van der Waals surface area (Å²) in [7, 11) is 0. The monoisotopic (exact) mass is 364 g/mol. The zero-order valence-electron chi connectivity index (χ0n) is 15.3. The largest absolute Gasteiger partial charge is 0.438 e. The molecule has 1 spiro atoms. The van der Waals surface area contributed by atoms with E-state index in [1.807, 2.05) is 35.4 Å². The third-order valence-electron chi connectivity index (χ3n) is 5.94. The van der Waals surface area contributed by atoms with Crippen molar-refractivity contribution < 1.29 is 9.53 Å². The van der Waals surface area contributed by atoms with Gasteiger partial charge in [0.15, 0.2) is 5.60 Å². The molecule has 3 aliphatic rings. The zero-order chi connectivity index (χ0) is 18.3. The highest BCUT2D eigenvalue weighted by atomic mass is 16.6. The number of nitrogens with zero attached hydrogens (tertiary/aromatic N) is 4. The third kappa shape index (κ3) is 3.09. The number of carbonyl (C=O) groups excluding carboxylic acids is 1. The second-order valence-corrected chi connectivity index (χ2v) is 7.83. The van der Waals surface area contributed by atoms with Crippen molar-refractivity contribution >= 4 is 6.09 Å². The molecule has 3 fully saturated rings. The van der Waals surface area contributed by atoms with Crippen molar-refractivity contribution in [2.45, 2.75) is 24.7 Å². The Morgan fingerprint density at radius 1 is 1.00 bits per heavy atom. The Balaban J connectivity index is 1.25. The van der Waals surface area contributed by atoms with E-state index >= 15 is 0 Å². The first-order valence-corrected chi connectivity index (χ1v) is 9.60. The molecule has 6 nitrogen and oxygen atoms in total. The summed E-state index contributed by atoms with van der Waals surface area (Å²) >= 11 is 0. The van der Waals surface area contributed by atoms with Gasteiger partial charge in [-0.25, -0.2) is 4.79 Å². The minimum Gasteiger partial charge on any atom is -0.438 e. The first kappa shape index (κ1) is 16.7. The number of amides is 1. The molecule has 4 heterocycles. The number of likely N-dealkylation sites (tertiary alicyclic amines) is 1. The Bertz CT molecular complexity index is 807. The topological polar surface area (TPSA) is 48.9 Å². The molecule has 27 heavy (non-hydrogen) atoms. The van der Waals surface area contributed by atoms with Crippen molar-refractivity contribution in [3.05, 3.63) is 66.0 Å². The Morgan fingerprint density at radius 2 is 1.81 bits per heavy atom. The van der Waals surface area contributed by atoms with Gasteiger partial charge >= 0.3 is 6.09 Å². The van der Waals surface area contributed by atoms with Crippen molar-refractivity contribution in [3.8, 4) is 0 Å². The predicted molar refractivity (Wildman–Crippen MR) is 101 cm³/mol. The molecule has 0 N–H and O–H groups in total. The maximum Gasteiger partial charge on any atom is 0.410 e. The quantitative estimate of drug-likeness (QED) is 0.830. The van der Waals surface area contributed by atoms with E-state index in [0.717, 1.165) is 51.5 Å². The van der Waals surface area contributed by atoms with Crippen molar-refractivity contribution in [3.63, 3.8) is 0 Å². The summed E-state index contributed by atoms with van der Waals surface area (Å²) in [5.41, 5.74) is 2.01. The number of hydrogen-bond donors (Lipinski definition) is 0.